The quantitative estimate of drug-likeness (QED) is 0.226. The largest absolute Gasteiger partial charge is 0.494 e. The molecule has 0 heterocycles. The molecule has 0 spiro atoms. The van der Waals surface area contributed by atoms with Crippen LogP contribution >= 0.6 is 0 Å². The van der Waals surface area contributed by atoms with Crippen LogP contribution in [0.1, 0.15) is 81.0 Å². The summed E-state index contributed by atoms with van der Waals surface area (Å²) >= 11 is 0. The van der Waals surface area contributed by atoms with Crippen molar-refractivity contribution in [2.45, 2.75) is 76.7 Å². The van der Waals surface area contributed by atoms with Crippen LogP contribution in [0.2, 0.25) is 0 Å². The van der Waals surface area contributed by atoms with E-state index in [1.807, 2.05) is 0 Å². The number of benzene rings is 1. The summed E-state index contributed by atoms with van der Waals surface area (Å²) < 4.78 is 5.61. The maximum Gasteiger partial charge on any atom is 0.335 e. The van der Waals surface area contributed by atoms with E-state index in [2.05, 4.69) is 11.9 Å². The standard InChI is InChI=1S/C24H35NO6/c1-2-3-12-21(24(29)30)25-22(26)13-10-8-6-4-5-7-9-11-18-31-20-16-14-19(15-17-20)23(27)28/h2,14-17,21H,1,3-13,18H2,(H,25,26)(H,27,28)(H,29,30). The summed E-state index contributed by atoms with van der Waals surface area (Å²) in [4.78, 5) is 33.8. The second-order valence-corrected chi connectivity index (χ2v) is 7.58. The fraction of sp³-hybridized carbons (Fsp3) is 0.542. The number of carbonyl (C=O) groups excluding carboxylic acids is 1. The summed E-state index contributed by atoms with van der Waals surface area (Å²) in [5.41, 5.74) is 0.251. The summed E-state index contributed by atoms with van der Waals surface area (Å²) in [5.74, 6) is -1.46. The van der Waals surface area contributed by atoms with E-state index < -0.39 is 18.0 Å². The average Bonchev–Trinajstić information content (AvgIpc) is 2.75. The van der Waals surface area contributed by atoms with Gasteiger partial charge in [0.25, 0.3) is 0 Å². The van der Waals surface area contributed by atoms with Crippen LogP contribution in [0.3, 0.4) is 0 Å². The Morgan fingerprint density at radius 1 is 0.935 bits per heavy atom. The van der Waals surface area contributed by atoms with Crippen LogP contribution in [0, 0.1) is 0 Å². The first-order chi connectivity index (χ1) is 14.9. The van der Waals surface area contributed by atoms with E-state index in [0.29, 0.717) is 31.6 Å². The maximum atomic E-state index is 11.9. The second kappa shape index (κ2) is 15.9. The Morgan fingerprint density at radius 2 is 1.52 bits per heavy atom. The minimum absolute atomic E-state index is 0.200. The zero-order valence-corrected chi connectivity index (χ0v) is 18.2. The number of hydrogen-bond donors (Lipinski definition) is 3. The van der Waals surface area contributed by atoms with Gasteiger partial charge in [-0.15, -0.1) is 6.58 Å². The molecule has 0 saturated heterocycles. The van der Waals surface area contributed by atoms with Crippen LogP contribution in [0.15, 0.2) is 36.9 Å². The highest BCUT2D eigenvalue weighted by molar-refractivity contribution is 5.87. The van der Waals surface area contributed by atoms with Crippen molar-refractivity contribution < 1.29 is 29.3 Å². The van der Waals surface area contributed by atoms with Crippen LogP contribution in [0.5, 0.6) is 5.75 Å². The molecule has 0 aliphatic heterocycles. The molecule has 0 aliphatic rings. The van der Waals surface area contributed by atoms with E-state index in [1.54, 1.807) is 18.2 Å². The molecule has 1 rings (SSSR count). The maximum absolute atomic E-state index is 11.9. The van der Waals surface area contributed by atoms with Gasteiger partial charge < -0.3 is 20.3 Å². The Kier molecular flexibility index (Phi) is 13.5. The summed E-state index contributed by atoms with van der Waals surface area (Å²) in [6.07, 6.45) is 11.2. The van der Waals surface area contributed by atoms with Gasteiger partial charge in [-0.25, -0.2) is 9.59 Å². The van der Waals surface area contributed by atoms with Crippen molar-refractivity contribution in [2.75, 3.05) is 6.61 Å². The molecule has 1 amide bonds. The Bertz CT molecular complexity index is 686. The first-order valence-corrected chi connectivity index (χ1v) is 11.0. The third-order valence-corrected chi connectivity index (χ3v) is 4.96. The van der Waals surface area contributed by atoms with E-state index in [-0.39, 0.29) is 11.5 Å². The molecule has 0 fully saturated rings. The van der Waals surface area contributed by atoms with Crippen molar-refractivity contribution in [3.05, 3.63) is 42.5 Å². The number of ether oxygens (including phenoxy) is 1. The molecule has 1 aromatic carbocycles. The third kappa shape index (κ3) is 12.5. The molecule has 0 bridgehead atoms. The molecule has 31 heavy (non-hydrogen) atoms. The lowest BCUT2D eigenvalue weighted by molar-refractivity contribution is -0.142. The molecule has 0 aliphatic carbocycles. The molecule has 1 aromatic rings. The predicted octanol–water partition coefficient (Wildman–Crippen LogP) is 4.81. The molecule has 172 valence electrons. The molecule has 3 N–H and O–H groups in total. The fourth-order valence-electron chi connectivity index (χ4n) is 3.14. The molecule has 0 radical (unpaired) electrons. The first-order valence-electron chi connectivity index (χ1n) is 11.0. The van der Waals surface area contributed by atoms with Crippen molar-refractivity contribution in [2.24, 2.45) is 0 Å². The van der Waals surface area contributed by atoms with Crippen LogP contribution in [-0.4, -0.2) is 40.7 Å². The number of aromatic carboxylic acids is 1. The van der Waals surface area contributed by atoms with Gasteiger partial charge in [-0.3, -0.25) is 4.79 Å². The molecule has 1 atom stereocenters. The Labute approximate surface area is 184 Å². The van der Waals surface area contributed by atoms with Crippen LogP contribution < -0.4 is 10.1 Å². The van der Waals surface area contributed by atoms with Gasteiger partial charge in [0, 0.05) is 6.42 Å². The highest BCUT2D eigenvalue weighted by Gasteiger charge is 2.18. The summed E-state index contributed by atoms with van der Waals surface area (Å²) in [6.45, 7) is 4.19. The number of nitrogens with one attached hydrogen (secondary N) is 1. The number of unbranched alkanes of at least 4 members (excludes halogenated alkanes) is 7. The molecule has 7 heteroatoms. The SMILES string of the molecule is C=CCCC(NC(=O)CCCCCCCCCCOc1ccc(C(=O)O)cc1)C(=O)O. The van der Waals surface area contributed by atoms with E-state index in [1.165, 1.54) is 12.1 Å². The van der Waals surface area contributed by atoms with Crippen LogP contribution in [0.4, 0.5) is 0 Å². The Morgan fingerprint density at radius 3 is 2.06 bits per heavy atom. The van der Waals surface area contributed by atoms with Gasteiger partial charge in [0.2, 0.25) is 5.91 Å². The molecular weight excluding hydrogens is 398 g/mol. The summed E-state index contributed by atoms with van der Waals surface area (Å²) in [7, 11) is 0. The summed E-state index contributed by atoms with van der Waals surface area (Å²) in [5, 5.41) is 20.5. The van der Waals surface area contributed by atoms with Gasteiger partial charge in [0.15, 0.2) is 0 Å². The number of carbonyl (C=O) groups is 3. The number of aliphatic carboxylic acids is 1. The summed E-state index contributed by atoms with van der Waals surface area (Å²) in [6, 6.07) is 5.59. The van der Waals surface area contributed by atoms with Gasteiger partial charge in [-0.05, 0) is 49.9 Å². The molecule has 1 unspecified atom stereocenters. The van der Waals surface area contributed by atoms with Crippen LogP contribution in [0.25, 0.3) is 0 Å². The first kappa shape index (κ1) is 26.2. The minimum Gasteiger partial charge on any atom is -0.494 e. The van der Waals surface area contributed by atoms with Gasteiger partial charge in [0.05, 0.1) is 12.2 Å². The number of allylic oxidation sites excluding steroid dienone is 1. The smallest absolute Gasteiger partial charge is 0.335 e. The molecular formula is C24H35NO6. The Hall–Kier alpha value is -2.83. The monoisotopic (exact) mass is 433 g/mol. The van der Waals surface area contributed by atoms with Gasteiger partial charge in [0.1, 0.15) is 11.8 Å². The van der Waals surface area contributed by atoms with E-state index in [9.17, 15) is 14.4 Å². The lowest BCUT2D eigenvalue weighted by Crippen LogP contribution is -2.40. The van der Waals surface area contributed by atoms with E-state index in [0.717, 1.165) is 51.4 Å². The topological polar surface area (TPSA) is 113 Å². The highest BCUT2D eigenvalue weighted by atomic mass is 16.5. The van der Waals surface area contributed by atoms with Crippen LogP contribution in [-0.2, 0) is 9.59 Å². The number of hydrogen-bond acceptors (Lipinski definition) is 4. The third-order valence-electron chi connectivity index (χ3n) is 4.96. The zero-order valence-electron chi connectivity index (χ0n) is 18.2. The van der Waals surface area contributed by atoms with Crippen molar-refractivity contribution in [3.63, 3.8) is 0 Å². The van der Waals surface area contributed by atoms with Crippen molar-refractivity contribution in [3.8, 4) is 5.75 Å². The zero-order chi connectivity index (χ0) is 22.9. The highest BCUT2D eigenvalue weighted by Crippen LogP contribution is 2.14. The van der Waals surface area contributed by atoms with E-state index in [4.69, 9.17) is 14.9 Å². The molecule has 0 saturated carbocycles. The van der Waals surface area contributed by atoms with Gasteiger partial charge in [-0.1, -0.05) is 44.6 Å². The lowest BCUT2D eigenvalue weighted by atomic mass is 10.1. The van der Waals surface area contributed by atoms with Gasteiger partial charge in [-0.2, -0.15) is 0 Å². The van der Waals surface area contributed by atoms with Crippen molar-refractivity contribution in [1.82, 2.24) is 5.32 Å². The van der Waals surface area contributed by atoms with Gasteiger partial charge >= 0.3 is 11.9 Å². The number of rotatable bonds is 18. The number of carboxylic acids is 2. The van der Waals surface area contributed by atoms with E-state index >= 15 is 0 Å². The lowest BCUT2D eigenvalue weighted by Gasteiger charge is -2.13. The van der Waals surface area contributed by atoms with Crippen molar-refractivity contribution >= 4 is 17.8 Å². The normalized spacial score (nSPS) is 11.5. The minimum atomic E-state index is -1.00. The Balaban J connectivity index is 1.97. The van der Waals surface area contributed by atoms with Crippen molar-refractivity contribution in [1.29, 1.82) is 0 Å². The number of amides is 1. The second-order valence-electron chi connectivity index (χ2n) is 7.58. The number of carboxylic acid groups (broad SMARTS) is 2. The molecule has 7 nitrogen and oxygen atoms in total. The average molecular weight is 434 g/mol. The fourth-order valence-corrected chi connectivity index (χ4v) is 3.14. The molecule has 0 aromatic heterocycles. The predicted molar refractivity (Wildman–Crippen MR) is 119 cm³/mol.